The van der Waals surface area contributed by atoms with Crippen molar-refractivity contribution in [3.63, 3.8) is 0 Å². The van der Waals surface area contributed by atoms with Crippen LogP contribution in [0.3, 0.4) is 0 Å². The Bertz CT molecular complexity index is 150. The summed E-state index contributed by atoms with van der Waals surface area (Å²) in [5.41, 5.74) is 0. The number of hydrogen-bond donors (Lipinski definition) is 0. The van der Waals surface area contributed by atoms with E-state index in [2.05, 4.69) is 11.9 Å². The standard InChI is InChI=1S/C6H9NOS/c1-2-9-5-6-7-3-4-8-6/h3-4H,2,5H2,1H3. The van der Waals surface area contributed by atoms with Crippen LogP contribution in [0.25, 0.3) is 0 Å². The van der Waals surface area contributed by atoms with Gasteiger partial charge in [0.25, 0.3) is 0 Å². The summed E-state index contributed by atoms with van der Waals surface area (Å²) in [5, 5.41) is 0. The predicted octanol–water partition coefficient (Wildman–Crippen LogP) is 1.93. The fourth-order valence-electron chi connectivity index (χ4n) is 0.514. The molecule has 0 bridgehead atoms. The fourth-order valence-corrected chi connectivity index (χ4v) is 1.03. The van der Waals surface area contributed by atoms with E-state index in [1.807, 2.05) is 11.8 Å². The summed E-state index contributed by atoms with van der Waals surface area (Å²) in [4.78, 5) is 3.97. The molecule has 0 aliphatic rings. The molecular formula is C6H9NOS. The lowest BCUT2D eigenvalue weighted by Crippen LogP contribution is -1.77. The Balaban J connectivity index is 2.30. The van der Waals surface area contributed by atoms with Gasteiger partial charge in [0.15, 0.2) is 0 Å². The van der Waals surface area contributed by atoms with Crippen LogP contribution in [-0.2, 0) is 5.75 Å². The van der Waals surface area contributed by atoms with E-state index in [1.165, 1.54) is 0 Å². The molecule has 0 spiro atoms. The van der Waals surface area contributed by atoms with Crippen LogP contribution in [0.2, 0.25) is 0 Å². The molecule has 1 aromatic heterocycles. The average molecular weight is 143 g/mol. The molecule has 0 aromatic carbocycles. The predicted molar refractivity (Wildman–Crippen MR) is 38.3 cm³/mol. The zero-order chi connectivity index (χ0) is 6.53. The van der Waals surface area contributed by atoms with E-state index < -0.39 is 0 Å². The molecule has 0 fully saturated rings. The smallest absolute Gasteiger partial charge is 0.203 e. The van der Waals surface area contributed by atoms with Gasteiger partial charge in [-0.1, -0.05) is 6.92 Å². The molecule has 0 radical (unpaired) electrons. The maximum Gasteiger partial charge on any atom is 0.203 e. The quantitative estimate of drug-likeness (QED) is 0.646. The third-order valence-corrected chi connectivity index (χ3v) is 1.77. The molecule has 0 aliphatic heterocycles. The lowest BCUT2D eigenvalue weighted by atomic mass is 10.8. The molecule has 9 heavy (non-hydrogen) atoms. The van der Waals surface area contributed by atoms with E-state index >= 15 is 0 Å². The Morgan fingerprint density at radius 1 is 1.78 bits per heavy atom. The summed E-state index contributed by atoms with van der Waals surface area (Å²) in [7, 11) is 0. The molecule has 50 valence electrons. The second-order valence-corrected chi connectivity index (χ2v) is 2.84. The molecule has 0 unspecified atom stereocenters. The molecule has 0 aliphatic carbocycles. The number of rotatable bonds is 3. The number of oxazole rings is 1. The first-order valence-corrected chi connectivity index (χ1v) is 4.05. The number of nitrogens with zero attached hydrogens (tertiary/aromatic N) is 1. The van der Waals surface area contributed by atoms with Crippen LogP contribution in [0.15, 0.2) is 16.9 Å². The molecule has 2 nitrogen and oxygen atoms in total. The molecule has 0 saturated carbocycles. The molecule has 1 heterocycles. The summed E-state index contributed by atoms with van der Waals surface area (Å²) < 4.78 is 5.00. The van der Waals surface area contributed by atoms with Gasteiger partial charge >= 0.3 is 0 Å². The summed E-state index contributed by atoms with van der Waals surface area (Å²) in [6, 6.07) is 0. The Morgan fingerprint density at radius 2 is 2.67 bits per heavy atom. The number of thioether (sulfide) groups is 1. The Morgan fingerprint density at radius 3 is 3.22 bits per heavy atom. The van der Waals surface area contributed by atoms with Crippen LogP contribution in [0, 0.1) is 0 Å². The Labute approximate surface area is 58.7 Å². The highest BCUT2D eigenvalue weighted by Crippen LogP contribution is 2.07. The van der Waals surface area contributed by atoms with Gasteiger partial charge in [-0.3, -0.25) is 0 Å². The number of hydrogen-bond acceptors (Lipinski definition) is 3. The molecular weight excluding hydrogens is 134 g/mol. The molecule has 0 amide bonds. The van der Waals surface area contributed by atoms with E-state index in [0.717, 1.165) is 17.4 Å². The van der Waals surface area contributed by atoms with Crippen molar-refractivity contribution in [1.82, 2.24) is 4.98 Å². The third kappa shape index (κ3) is 2.10. The van der Waals surface area contributed by atoms with Crippen LogP contribution in [0.1, 0.15) is 12.8 Å². The Hall–Kier alpha value is -0.440. The van der Waals surface area contributed by atoms with E-state index in [-0.39, 0.29) is 0 Å². The van der Waals surface area contributed by atoms with Gasteiger partial charge in [0.1, 0.15) is 6.26 Å². The average Bonchev–Trinajstić information content (AvgIpc) is 2.34. The summed E-state index contributed by atoms with van der Waals surface area (Å²) in [5.74, 6) is 2.83. The third-order valence-electron chi connectivity index (χ3n) is 0.913. The van der Waals surface area contributed by atoms with Gasteiger partial charge in [0.05, 0.1) is 11.9 Å². The van der Waals surface area contributed by atoms with Crippen LogP contribution in [-0.4, -0.2) is 10.7 Å². The molecule has 0 saturated heterocycles. The SMILES string of the molecule is CCSCc1ncco1. The van der Waals surface area contributed by atoms with E-state index in [1.54, 1.807) is 12.5 Å². The van der Waals surface area contributed by atoms with Crippen LogP contribution < -0.4 is 0 Å². The molecule has 3 heteroatoms. The molecule has 1 aromatic rings. The van der Waals surface area contributed by atoms with Crippen molar-refractivity contribution in [3.8, 4) is 0 Å². The van der Waals surface area contributed by atoms with Crippen LogP contribution in [0.5, 0.6) is 0 Å². The van der Waals surface area contributed by atoms with E-state index in [0.29, 0.717) is 0 Å². The van der Waals surface area contributed by atoms with Crippen molar-refractivity contribution in [1.29, 1.82) is 0 Å². The number of aromatic nitrogens is 1. The summed E-state index contributed by atoms with van der Waals surface area (Å²) in [6.07, 6.45) is 3.27. The van der Waals surface area contributed by atoms with Gasteiger partial charge in [-0.25, -0.2) is 4.98 Å². The van der Waals surface area contributed by atoms with Gasteiger partial charge in [-0.2, -0.15) is 11.8 Å². The largest absolute Gasteiger partial charge is 0.448 e. The summed E-state index contributed by atoms with van der Waals surface area (Å²) in [6.45, 7) is 2.12. The van der Waals surface area contributed by atoms with Crippen LogP contribution in [0.4, 0.5) is 0 Å². The van der Waals surface area contributed by atoms with Crippen molar-refractivity contribution in [2.75, 3.05) is 5.75 Å². The van der Waals surface area contributed by atoms with E-state index in [9.17, 15) is 0 Å². The second-order valence-electron chi connectivity index (χ2n) is 1.56. The minimum atomic E-state index is 0.821. The first-order chi connectivity index (χ1) is 4.43. The highest BCUT2D eigenvalue weighted by atomic mass is 32.2. The minimum absolute atomic E-state index is 0.821. The minimum Gasteiger partial charge on any atom is -0.448 e. The van der Waals surface area contributed by atoms with Gasteiger partial charge in [0, 0.05) is 0 Å². The van der Waals surface area contributed by atoms with Gasteiger partial charge < -0.3 is 4.42 Å². The topological polar surface area (TPSA) is 26.0 Å². The lowest BCUT2D eigenvalue weighted by Gasteiger charge is -1.89. The fraction of sp³-hybridized carbons (Fsp3) is 0.500. The molecule has 0 N–H and O–H groups in total. The normalized spacial score (nSPS) is 9.89. The highest BCUT2D eigenvalue weighted by Gasteiger charge is 1.93. The van der Waals surface area contributed by atoms with Gasteiger partial charge in [-0.05, 0) is 5.75 Å². The van der Waals surface area contributed by atoms with Crippen molar-refractivity contribution in [2.24, 2.45) is 0 Å². The molecule has 1 rings (SSSR count). The highest BCUT2D eigenvalue weighted by molar-refractivity contribution is 7.98. The zero-order valence-corrected chi connectivity index (χ0v) is 6.15. The lowest BCUT2D eigenvalue weighted by molar-refractivity contribution is 0.517. The van der Waals surface area contributed by atoms with Crippen LogP contribution >= 0.6 is 11.8 Å². The van der Waals surface area contributed by atoms with Crippen molar-refractivity contribution in [2.45, 2.75) is 12.7 Å². The van der Waals surface area contributed by atoms with Gasteiger partial charge in [-0.15, -0.1) is 0 Å². The Kier molecular flexibility index (Phi) is 2.64. The first-order valence-electron chi connectivity index (χ1n) is 2.89. The first kappa shape index (κ1) is 6.68. The van der Waals surface area contributed by atoms with E-state index in [4.69, 9.17) is 4.42 Å². The zero-order valence-electron chi connectivity index (χ0n) is 5.33. The second kappa shape index (κ2) is 3.56. The van der Waals surface area contributed by atoms with Crippen molar-refractivity contribution < 1.29 is 4.42 Å². The maximum atomic E-state index is 5.00. The summed E-state index contributed by atoms with van der Waals surface area (Å²) >= 11 is 1.81. The molecule has 0 atom stereocenters. The van der Waals surface area contributed by atoms with Crippen molar-refractivity contribution in [3.05, 3.63) is 18.4 Å². The van der Waals surface area contributed by atoms with Crippen molar-refractivity contribution >= 4 is 11.8 Å². The maximum absolute atomic E-state index is 5.00. The van der Waals surface area contributed by atoms with Gasteiger partial charge in [0.2, 0.25) is 5.89 Å². The monoisotopic (exact) mass is 143 g/mol.